The molecule has 1 aromatic heterocycles. The summed E-state index contributed by atoms with van der Waals surface area (Å²) in [5.74, 6) is 1.70. The molecule has 0 aliphatic heterocycles. The number of nitrogens with zero attached hydrogens (tertiary/aromatic N) is 2. The summed E-state index contributed by atoms with van der Waals surface area (Å²) in [6, 6.07) is 10.9. The van der Waals surface area contributed by atoms with Gasteiger partial charge in [-0.3, -0.25) is 0 Å². The zero-order valence-corrected chi connectivity index (χ0v) is 10.4. The normalized spacial score (nSPS) is 17.3. The maximum atomic E-state index is 4.26. The van der Waals surface area contributed by atoms with Crippen molar-refractivity contribution in [2.75, 3.05) is 17.7 Å². The lowest BCUT2D eigenvalue weighted by atomic mass is 10.1. The molecule has 1 aliphatic carbocycles. The summed E-state index contributed by atoms with van der Waals surface area (Å²) in [7, 11) is 1.86. The predicted octanol–water partition coefficient (Wildman–Crippen LogP) is 2.62. The van der Waals surface area contributed by atoms with Crippen LogP contribution in [-0.4, -0.2) is 17.0 Å². The van der Waals surface area contributed by atoms with E-state index in [9.17, 15) is 0 Å². The average molecular weight is 240 g/mol. The number of nitrogens with one attached hydrogen (secondary N) is 2. The number of rotatable bonds is 3. The van der Waals surface area contributed by atoms with E-state index in [-0.39, 0.29) is 0 Å². The zero-order chi connectivity index (χ0) is 12.4. The molecule has 0 spiro atoms. The molecule has 0 unspecified atom stereocenters. The first-order valence-corrected chi connectivity index (χ1v) is 6.21. The molecular weight excluding hydrogens is 224 g/mol. The molecule has 0 bridgehead atoms. The van der Waals surface area contributed by atoms with Gasteiger partial charge < -0.3 is 10.6 Å². The summed E-state index contributed by atoms with van der Waals surface area (Å²) < 4.78 is 0. The van der Waals surface area contributed by atoms with Crippen LogP contribution in [-0.2, 0) is 6.42 Å². The van der Waals surface area contributed by atoms with Crippen molar-refractivity contribution in [2.45, 2.75) is 18.9 Å². The van der Waals surface area contributed by atoms with E-state index >= 15 is 0 Å². The Morgan fingerprint density at radius 2 is 2.00 bits per heavy atom. The number of fused-ring (bicyclic) bond motifs is 1. The standard InChI is InChI=1S/C14H16N4/c1-15-13-8-14(17-9-16-13)18-12-7-6-10-4-2-3-5-11(10)12/h2-5,8-9,12H,6-7H2,1H3,(H2,15,16,17,18)/t12-/m0/s1. The molecular formula is C14H16N4. The van der Waals surface area contributed by atoms with Gasteiger partial charge in [-0.05, 0) is 24.0 Å². The van der Waals surface area contributed by atoms with E-state index < -0.39 is 0 Å². The van der Waals surface area contributed by atoms with E-state index in [1.807, 2.05) is 13.1 Å². The van der Waals surface area contributed by atoms with E-state index in [2.05, 4.69) is 44.9 Å². The minimum Gasteiger partial charge on any atom is -0.373 e. The molecule has 4 heteroatoms. The van der Waals surface area contributed by atoms with Crippen LogP contribution >= 0.6 is 0 Å². The molecule has 1 aliphatic rings. The summed E-state index contributed by atoms with van der Waals surface area (Å²) in [5.41, 5.74) is 2.83. The maximum absolute atomic E-state index is 4.26. The van der Waals surface area contributed by atoms with Gasteiger partial charge in [0.1, 0.15) is 18.0 Å². The molecule has 3 rings (SSSR count). The number of benzene rings is 1. The molecule has 0 radical (unpaired) electrons. The first kappa shape index (κ1) is 11.0. The van der Waals surface area contributed by atoms with Gasteiger partial charge in [0, 0.05) is 13.1 Å². The van der Waals surface area contributed by atoms with Gasteiger partial charge in [0.05, 0.1) is 6.04 Å². The quantitative estimate of drug-likeness (QED) is 0.866. The van der Waals surface area contributed by atoms with E-state index in [1.165, 1.54) is 11.1 Å². The molecule has 2 aromatic rings. The van der Waals surface area contributed by atoms with Crippen LogP contribution in [0.4, 0.5) is 11.6 Å². The highest BCUT2D eigenvalue weighted by Crippen LogP contribution is 2.33. The highest BCUT2D eigenvalue weighted by Gasteiger charge is 2.21. The minimum atomic E-state index is 0.362. The molecule has 0 saturated carbocycles. The Bertz CT molecular complexity index is 553. The molecule has 2 N–H and O–H groups in total. The summed E-state index contributed by atoms with van der Waals surface area (Å²) in [6.45, 7) is 0. The fraction of sp³-hybridized carbons (Fsp3) is 0.286. The average Bonchev–Trinajstić information content (AvgIpc) is 2.83. The van der Waals surface area contributed by atoms with Crippen molar-refractivity contribution in [3.8, 4) is 0 Å². The molecule has 0 amide bonds. The van der Waals surface area contributed by atoms with Crippen molar-refractivity contribution in [1.29, 1.82) is 0 Å². The van der Waals surface area contributed by atoms with Crippen molar-refractivity contribution in [1.82, 2.24) is 9.97 Å². The Balaban J connectivity index is 1.82. The Morgan fingerprint density at radius 1 is 1.17 bits per heavy atom. The Kier molecular flexibility index (Phi) is 2.84. The molecule has 0 saturated heterocycles. The van der Waals surface area contributed by atoms with Gasteiger partial charge in [-0.15, -0.1) is 0 Å². The predicted molar refractivity (Wildman–Crippen MR) is 72.7 cm³/mol. The van der Waals surface area contributed by atoms with Crippen LogP contribution in [0.1, 0.15) is 23.6 Å². The number of hydrogen-bond donors (Lipinski definition) is 2. The second-order valence-electron chi connectivity index (χ2n) is 4.47. The summed E-state index contributed by atoms with van der Waals surface area (Å²) in [4.78, 5) is 8.38. The highest BCUT2D eigenvalue weighted by molar-refractivity contribution is 5.49. The van der Waals surface area contributed by atoms with Crippen molar-refractivity contribution in [3.63, 3.8) is 0 Å². The van der Waals surface area contributed by atoms with Crippen molar-refractivity contribution in [2.24, 2.45) is 0 Å². The number of hydrogen-bond acceptors (Lipinski definition) is 4. The largest absolute Gasteiger partial charge is 0.373 e. The fourth-order valence-corrected chi connectivity index (χ4v) is 2.46. The van der Waals surface area contributed by atoms with E-state index in [1.54, 1.807) is 6.33 Å². The smallest absolute Gasteiger partial charge is 0.131 e. The summed E-state index contributed by atoms with van der Waals surface area (Å²) in [5, 5.41) is 6.50. The molecule has 1 atom stereocenters. The van der Waals surface area contributed by atoms with Gasteiger partial charge in [-0.25, -0.2) is 9.97 Å². The van der Waals surface area contributed by atoms with Gasteiger partial charge in [-0.1, -0.05) is 24.3 Å². The Labute approximate surface area is 106 Å². The van der Waals surface area contributed by atoms with Gasteiger partial charge in [-0.2, -0.15) is 0 Å². The van der Waals surface area contributed by atoms with Crippen LogP contribution in [0.15, 0.2) is 36.7 Å². The monoisotopic (exact) mass is 240 g/mol. The molecule has 1 aromatic carbocycles. The summed E-state index contributed by atoms with van der Waals surface area (Å²) in [6.07, 6.45) is 3.84. The third kappa shape index (κ3) is 2.01. The second kappa shape index (κ2) is 4.64. The highest BCUT2D eigenvalue weighted by atomic mass is 15.1. The molecule has 4 nitrogen and oxygen atoms in total. The number of aryl methyl sites for hydroxylation is 1. The van der Waals surface area contributed by atoms with Crippen LogP contribution in [0.25, 0.3) is 0 Å². The van der Waals surface area contributed by atoms with Crippen LogP contribution in [0.3, 0.4) is 0 Å². The molecule has 0 fully saturated rings. The number of aromatic nitrogens is 2. The lowest BCUT2D eigenvalue weighted by molar-refractivity contribution is 0.756. The van der Waals surface area contributed by atoms with Gasteiger partial charge in [0.25, 0.3) is 0 Å². The van der Waals surface area contributed by atoms with Crippen LogP contribution in [0, 0.1) is 0 Å². The van der Waals surface area contributed by atoms with Crippen molar-refractivity contribution in [3.05, 3.63) is 47.8 Å². The third-order valence-electron chi connectivity index (χ3n) is 3.38. The van der Waals surface area contributed by atoms with Gasteiger partial charge in [0.15, 0.2) is 0 Å². The zero-order valence-electron chi connectivity index (χ0n) is 10.4. The van der Waals surface area contributed by atoms with Crippen LogP contribution in [0.5, 0.6) is 0 Å². The summed E-state index contributed by atoms with van der Waals surface area (Å²) >= 11 is 0. The maximum Gasteiger partial charge on any atom is 0.131 e. The van der Waals surface area contributed by atoms with Crippen molar-refractivity contribution >= 4 is 11.6 Å². The lowest BCUT2D eigenvalue weighted by Crippen LogP contribution is -2.09. The SMILES string of the molecule is CNc1cc(N[C@H]2CCc3ccccc32)ncn1. The van der Waals surface area contributed by atoms with Gasteiger partial charge >= 0.3 is 0 Å². The lowest BCUT2D eigenvalue weighted by Gasteiger charge is -2.14. The Hall–Kier alpha value is -2.10. The minimum absolute atomic E-state index is 0.362. The number of anilines is 2. The topological polar surface area (TPSA) is 49.8 Å². The molecule has 1 heterocycles. The molecule has 18 heavy (non-hydrogen) atoms. The Morgan fingerprint density at radius 3 is 2.89 bits per heavy atom. The fourth-order valence-electron chi connectivity index (χ4n) is 2.46. The van der Waals surface area contributed by atoms with Crippen LogP contribution < -0.4 is 10.6 Å². The first-order valence-electron chi connectivity index (χ1n) is 6.21. The van der Waals surface area contributed by atoms with Crippen LogP contribution in [0.2, 0.25) is 0 Å². The molecule has 92 valence electrons. The second-order valence-corrected chi connectivity index (χ2v) is 4.47. The first-order chi connectivity index (χ1) is 8.86. The van der Waals surface area contributed by atoms with E-state index in [0.717, 1.165) is 24.5 Å². The van der Waals surface area contributed by atoms with E-state index in [0.29, 0.717) is 6.04 Å². The van der Waals surface area contributed by atoms with E-state index in [4.69, 9.17) is 0 Å². The van der Waals surface area contributed by atoms with Crippen molar-refractivity contribution < 1.29 is 0 Å². The third-order valence-corrected chi connectivity index (χ3v) is 3.38. The van der Waals surface area contributed by atoms with Gasteiger partial charge in [0.2, 0.25) is 0 Å².